The standard InChI is InChI=1S/C12H14Si/c1-13(2)12-9-5-7-10-6-3-4-8-11(10)12/h3-9,13H,1-2H3. The molecule has 0 saturated heterocycles. The Balaban J connectivity index is 2.76. The molecule has 0 atom stereocenters. The minimum Gasteiger partial charge on any atom is -0.0682 e. The normalized spacial score (nSPS) is 11.0. The van der Waals surface area contributed by atoms with Gasteiger partial charge in [-0.15, -0.1) is 0 Å². The first-order valence-electron chi connectivity index (χ1n) is 4.76. The van der Waals surface area contributed by atoms with E-state index in [2.05, 4.69) is 55.6 Å². The van der Waals surface area contributed by atoms with Crippen molar-refractivity contribution in [2.75, 3.05) is 0 Å². The van der Waals surface area contributed by atoms with E-state index < -0.39 is 8.80 Å². The number of hydrogen-bond acceptors (Lipinski definition) is 0. The molecule has 1 heteroatoms. The fraction of sp³-hybridized carbons (Fsp3) is 0.167. The van der Waals surface area contributed by atoms with Crippen molar-refractivity contribution in [3.8, 4) is 0 Å². The van der Waals surface area contributed by atoms with Crippen LogP contribution >= 0.6 is 0 Å². The maximum absolute atomic E-state index is 2.38. The summed E-state index contributed by atoms with van der Waals surface area (Å²) in [6.45, 7) is 4.75. The fourth-order valence-corrected chi connectivity index (χ4v) is 3.13. The average molecular weight is 186 g/mol. The lowest BCUT2D eigenvalue weighted by atomic mass is 10.1. The summed E-state index contributed by atoms with van der Waals surface area (Å²) in [4.78, 5) is 0. The molecule has 13 heavy (non-hydrogen) atoms. The fourth-order valence-electron chi connectivity index (χ4n) is 1.75. The van der Waals surface area contributed by atoms with Crippen LogP contribution in [0, 0.1) is 0 Å². The zero-order valence-electron chi connectivity index (χ0n) is 8.12. The van der Waals surface area contributed by atoms with Crippen LogP contribution in [-0.4, -0.2) is 8.80 Å². The first-order chi connectivity index (χ1) is 6.29. The van der Waals surface area contributed by atoms with E-state index in [1.54, 1.807) is 5.19 Å². The zero-order valence-corrected chi connectivity index (χ0v) is 9.27. The van der Waals surface area contributed by atoms with E-state index >= 15 is 0 Å². The summed E-state index contributed by atoms with van der Waals surface area (Å²) in [6.07, 6.45) is 0. The molecule has 0 aliphatic heterocycles. The van der Waals surface area contributed by atoms with Gasteiger partial charge in [0.1, 0.15) is 0 Å². The smallest absolute Gasteiger partial charge is 0.0655 e. The van der Waals surface area contributed by atoms with Crippen LogP contribution in [0.2, 0.25) is 13.1 Å². The Morgan fingerprint density at radius 3 is 2.31 bits per heavy atom. The molecule has 0 saturated carbocycles. The van der Waals surface area contributed by atoms with Gasteiger partial charge in [-0.25, -0.2) is 0 Å². The molecule has 0 N–H and O–H groups in total. The van der Waals surface area contributed by atoms with Crippen molar-refractivity contribution in [2.45, 2.75) is 13.1 Å². The summed E-state index contributed by atoms with van der Waals surface area (Å²) in [5.41, 5.74) is 0. The van der Waals surface area contributed by atoms with Gasteiger partial charge >= 0.3 is 0 Å². The number of rotatable bonds is 1. The van der Waals surface area contributed by atoms with Gasteiger partial charge in [0.15, 0.2) is 0 Å². The number of benzene rings is 2. The molecule has 0 aliphatic rings. The molecule has 66 valence electrons. The lowest BCUT2D eigenvalue weighted by molar-refractivity contribution is 1.76. The molecule has 0 aliphatic carbocycles. The van der Waals surface area contributed by atoms with Gasteiger partial charge in [0.25, 0.3) is 0 Å². The Morgan fingerprint density at radius 2 is 1.54 bits per heavy atom. The highest BCUT2D eigenvalue weighted by molar-refractivity contribution is 6.73. The van der Waals surface area contributed by atoms with Crippen LogP contribution in [0.5, 0.6) is 0 Å². The summed E-state index contributed by atoms with van der Waals surface area (Å²) in [6, 6.07) is 15.3. The Hall–Kier alpha value is -1.08. The first kappa shape index (κ1) is 8.51. The van der Waals surface area contributed by atoms with Crippen LogP contribution in [0.15, 0.2) is 42.5 Å². The van der Waals surface area contributed by atoms with Gasteiger partial charge in [-0.05, 0) is 10.8 Å². The summed E-state index contributed by atoms with van der Waals surface area (Å²) >= 11 is 0. The lowest BCUT2D eigenvalue weighted by Crippen LogP contribution is -2.22. The van der Waals surface area contributed by atoms with E-state index in [4.69, 9.17) is 0 Å². The van der Waals surface area contributed by atoms with Gasteiger partial charge in [-0.1, -0.05) is 60.7 Å². The van der Waals surface area contributed by atoms with Crippen molar-refractivity contribution in [3.63, 3.8) is 0 Å². The van der Waals surface area contributed by atoms with Crippen molar-refractivity contribution in [3.05, 3.63) is 42.5 Å². The average Bonchev–Trinajstić information content (AvgIpc) is 2.17. The molecule has 0 nitrogen and oxygen atoms in total. The minimum absolute atomic E-state index is 0.679. The van der Waals surface area contributed by atoms with Gasteiger partial charge < -0.3 is 0 Å². The van der Waals surface area contributed by atoms with Gasteiger partial charge in [-0.3, -0.25) is 0 Å². The molecule has 0 amide bonds. The van der Waals surface area contributed by atoms with Gasteiger partial charge in [0.2, 0.25) is 0 Å². The first-order valence-corrected chi connectivity index (χ1v) is 7.65. The second kappa shape index (κ2) is 3.34. The predicted molar refractivity (Wildman–Crippen MR) is 62.5 cm³/mol. The van der Waals surface area contributed by atoms with Gasteiger partial charge in [0, 0.05) is 0 Å². The molecule has 2 aromatic carbocycles. The molecule has 0 bridgehead atoms. The zero-order chi connectivity index (χ0) is 9.26. The summed E-state index contributed by atoms with van der Waals surface area (Å²) in [5.74, 6) is 0. The Kier molecular flexibility index (Phi) is 2.19. The molecular formula is C12H14Si. The predicted octanol–water partition coefficient (Wildman–Crippen LogP) is 2.53. The van der Waals surface area contributed by atoms with Crippen molar-refractivity contribution >= 4 is 24.8 Å². The molecule has 0 heterocycles. The molecule has 2 aromatic rings. The van der Waals surface area contributed by atoms with Crippen molar-refractivity contribution in [1.82, 2.24) is 0 Å². The largest absolute Gasteiger partial charge is 0.0682 e. The molecule has 0 radical (unpaired) electrons. The number of hydrogen-bond donors (Lipinski definition) is 0. The SMILES string of the molecule is C[SiH](C)c1cccc2ccccc12. The molecule has 0 unspecified atom stereocenters. The van der Waals surface area contributed by atoms with Crippen LogP contribution < -0.4 is 5.19 Å². The summed E-state index contributed by atoms with van der Waals surface area (Å²) < 4.78 is 0. The van der Waals surface area contributed by atoms with Crippen LogP contribution in [0.4, 0.5) is 0 Å². The van der Waals surface area contributed by atoms with E-state index in [1.165, 1.54) is 10.8 Å². The highest BCUT2D eigenvalue weighted by atomic mass is 28.3. The van der Waals surface area contributed by atoms with Crippen molar-refractivity contribution in [1.29, 1.82) is 0 Å². The molecule has 0 aromatic heterocycles. The lowest BCUT2D eigenvalue weighted by Gasteiger charge is -2.07. The van der Waals surface area contributed by atoms with E-state index in [-0.39, 0.29) is 0 Å². The molecule has 0 spiro atoms. The monoisotopic (exact) mass is 186 g/mol. The Morgan fingerprint density at radius 1 is 0.846 bits per heavy atom. The second-order valence-corrected chi connectivity index (χ2v) is 6.65. The van der Waals surface area contributed by atoms with E-state index in [1.807, 2.05) is 0 Å². The van der Waals surface area contributed by atoms with Crippen molar-refractivity contribution < 1.29 is 0 Å². The van der Waals surface area contributed by atoms with Crippen LogP contribution in [0.1, 0.15) is 0 Å². The van der Waals surface area contributed by atoms with E-state index in [0.29, 0.717) is 0 Å². The van der Waals surface area contributed by atoms with E-state index in [9.17, 15) is 0 Å². The Bertz CT molecular complexity index is 413. The Labute approximate surface area is 80.8 Å². The summed E-state index contributed by atoms with van der Waals surface area (Å²) in [5, 5.41) is 4.41. The number of fused-ring (bicyclic) bond motifs is 1. The van der Waals surface area contributed by atoms with Crippen LogP contribution in [0.3, 0.4) is 0 Å². The van der Waals surface area contributed by atoms with Gasteiger partial charge in [-0.2, -0.15) is 0 Å². The van der Waals surface area contributed by atoms with Gasteiger partial charge in [0.05, 0.1) is 8.80 Å². The maximum Gasteiger partial charge on any atom is 0.0655 e. The van der Waals surface area contributed by atoms with Crippen molar-refractivity contribution in [2.24, 2.45) is 0 Å². The van der Waals surface area contributed by atoms with E-state index in [0.717, 1.165) is 0 Å². The second-order valence-electron chi connectivity index (χ2n) is 3.72. The highest BCUT2D eigenvalue weighted by Gasteiger charge is 2.03. The third kappa shape index (κ3) is 1.52. The minimum atomic E-state index is -0.679. The van der Waals surface area contributed by atoms with Crippen LogP contribution in [0.25, 0.3) is 10.8 Å². The topological polar surface area (TPSA) is 0 Å². The summed E-state index contributed by atoms with van der Waals surface area (Å²) in [7, 11) is -0.679. The highest BCUT2D eigenvalue weighted by Crippen LogP contribution is 2.11. The third-order valence-electron chi connectivity index (χ3n) is 2.45. The van der Waals surface area contributed by atoms with Crippen LogP contribution in [-0.2, 0) is 0 Å². The molecule has 0 fully saturated rings. The molecule has 2 rings (SSSR count). The quantitative estimate of drug-likeness (QED) is 0.600. The molecular weight excluding hydrogens is 172 g/mol. The maximum atomic E-state index is 2.38. The third-order valence-corrected chi connectivity index (χ3v) is 4.19.